The maximum atomic E-state index is 6.38. The molecule has 1 saturated heterocycles. The molecule has 4 nitrogen and oxygen atoms in total. The molecule has 108 valence electrons. The molecule has 0 bridgehead atoms. The van der Waals surface area contributed by atoms with Crippen molar-refractivity contribution in [3.63, 3.8) is 0 Å². The smallest absolute Gasteiger partial charge is 0.193 e. The number of rotatable bonds is 2. The fraction of sp³-hybridized carbons (Fsp3) is 0.933. The Morgan fingerprint density at radius 2 is 2.11 bits per heavy atom. The second-order valence-electron chi connectivity index (χ2n) is 6.38. The standard InChI is InChI=1S/C15H27N3O/c1-18-11-5-10-16-14(18)17-12-13-6-9-15(19-13)7-3-2-4-8-15/h13H,2-12H2,1H3,(H,16,17). The molecular weight excluding hydrogens is 238 g/mol. The van der Waals surface area contributed by atoms with Crippen molar-refractivity contribution in [2.75, 3.05) is 26.7 Å². The molecular formula is C15H27N3O. The lowest BCUT2D eigenvalue weighted by atomic mass is 9.83. The van der Waals surface area contributed by atoms with Crippen LogP contribution in [0.2, 0.25) is 0 Å². The Morgan fingerprint density at radius 3 is 2.89 bits per heavy atom. The maximum absolute atomic E-state index is 6.38. The van der Waals surface area contributed by atoms with Gasteiger partial charge in [0.25, 0.3) is 0 Å². The van der Waals surface area contributed by atoms with Crippen LogP contribution in [0.15, 0.2) is 4.99 Å². The summed E-state index contributed by atoms with van der Waals surface area (Å²) >= 11 is 0. The van der Waals surface area contributed by atoms with Crippen molar-refractivity contribution in [1.29, 1.82) is 0 Å². The number of guanidine groups is 1. The van der Waals surface area contributed by atoms with Crippen LogP contribution in [0.1, 0.15) is 51.4 Å². The first kappa shape index (κ1) is 13.2. The van der Waals surface area contributed by atoms with E-state index in [4.69, 9.17) is 4.74 Å². The Balaban J connectivity index is 1.48. The zero-order valence-electron chi connectivity index (χ0n) is 12.2. The fourth-order valence-corrected chi connectivity index (χ4v) is 3.72. The molecule has 0 aromatic heterocycles. The van der Waals surface area contributed by atoms with Gasteiger partial charge in [0.1, 0.15) is 0 Å². The zero-order valence-corrected chi connectivity index (χ0v) is 12.2. The highest BCUT2D eigenvalue weighted by molar-refractivity contribution is 5.80. The quantitative estimate of drug-likeness (QED) is 0.831. The van der Waals surface area contributed by atoms with Crippen molar-refractivity contribution in [2.24, 2.45) is 4.99 Å². The van der Waals surface area contributed by atoms with Crippen molar-refractivity contribution >= 4 is 5.96 Å². The number of aliphatic imine (C=N–C) groups is 1. The van der Waals surface area contributed by atoms with Gasteiger partial charge in [-0.25, -0.2) is 0 Å². The highest BCUT2D eigenvalue weighted by Crippen LogP contribution is 2.41. The summed E-state index contributed by atoms with van der Waals surface area (Å²) in [4.78, 5) is 6.77. The van der Waals surface area contributed by atoms with E-state index in [2.05, 4.69) is 22.3 Å². The Morgan fingerprint density at radius 1 is 1.26 bits per heavy atom. The molecule has 0 aromatic carbocycles. The topological polar surface area (TPSA) is 36.9 Å². The first-order valence-corrected chi connectivity index (χ1v) is 7.95. The van der Waals surface area contributed by atoms with E-state index in [1.54, 1.807) is 0 Å². The first-order valence-electron chi connectivity index (χ1n) is 7.95. The number of nitrogens with zero attached hydrogens (tertiary/aromatic N) is 2. The van der Waals surface area contributed by atoms with E-state index in [0.29, 0.717) is 6.10 Å². The molecule has 3 rings (SSSR count). The van der Waals surface area contributed by atoms with E-state index in [1.807, 2.05) is 0 Å². The van der Waals surface area contributed by atoms with Crippen LogP contribution < -0.4 is 5.32 Å². The van der Waals surface area contributed by atoms with Crippen molar-refractivity contribution in [3.05, 3.63) is 0 Å². The lowest BCUT2D eigenvalue weighted by molar-refractivity contribution is -0.0613. The highest BCUT2D eigenvalue weighted by atomic mass is 16.5. The van der Waals surface area contributed by atoms with Gasteiger partial charge in [-0.2, -0.15) is 0 Å². The molecule has 1 saturated carbocycles. The van der Waals surface area contributed by atoms with Crippen LogP contribution >= 0.6 is 0 Å². The summed E-state index contributed by atoms with van der Waals surface area (Å²) in [7, 11) is 2.11. The van der Waals surface area contributed by atoms with Gasteiger partial charge in [-0.05, 0) is 32.1 Å². The van der Waals surface area contributed by atoms with Gasteiger partial charge >= 0.3 is 0 Å². The summed E-state index contributed by atoms with van der Waals surface area (Å²) in [6, 6.07) is 0. The van der Waals surface area contributed by atoms with Crippen molar-refractivity contribution in [1.82, 2.24) is 10.2 Å². The molecule has 4 heteroatoms. The van der Waals surface area contributed by atoms with Gasteiger partial charge in [0.2, 0.25) is 0 Å². The predicted octanol–water partition coefficient (Wildman–Crippen LogP) is 2.15. The molecule has 1 atom stereocenters. The molecule has 1 spiro atoms. The zero-order chi connectivity index (χ0) is 13.1. The molecule has 1 N–H and O–H groups in total. The molecule has 1 unspecified atom stereocenters. The molecule has 0 aromatic rings. The summed E-state index contributed by atoms with van der Waals surface area (Å²) in [5.74, 6) is 1.06. The van der Waals surface area contributed by atoms with Crippen LogP contribution in [0, 0.1) is 0 Å². The van der Waals surface area contributed by atoms with E-state index in [1.165, 1.54) is 51.4 Å². The largest absolute Gasteiger partial charge is 0.370 e. The minimum atomic E-state index is 0.241. The van der Waals surface area contributed by atoms with Gasteiger partial charge in [0.15, 0.2) is 5.96 Å². The molecule has 0 amide bonds. The van der Waals surface area contributed by atoms with Gasteiger partial charge < -0.3 is 15.0 Å². The average Bonchev–Trinajstić information content (AvgIpc) is 2.82. The summed E-state index contributed by atoms with van der Waals surface area (Å²) < 4.78 is 6.38. The normalized spacial score (nSPS) is 30.5. The van der Waals surface area contributed by atoms with E-state index in [0.717, 1.165) is 25.6 Å². The molecule has 0 radical (unpaired) electrons. The Bertz CT molecular complexity index is 336. The number of nitrogens with one attached hydrogen (secondary N) is 1. The SMILES string of the molecule is CN1CCCN=C1NCC1CCC2(CCCCC2)O1. The summed E-state index contributed by atoms with van der Waals surface area (Å²) in [6.07, 6.45) is 10.7. The van der Waals surface area contributed by atoms with E-state index >= 15 is 0 Å². The van der Waals surface area contributed by atoms with Crippen molar-refractivity contribution < 1.29 is 4.74 Å². The highest BCUT2D eigenvalue weighted by Gasteiger charge is 2.40. The fourth-order valence-electron chi connectivity index (χ4n) is 3.72. The van der Waals surface area contributed by atoms with E-state index in [9.17, 15) is 0 Å². The monoisotopic (exact) mass is 265 g/mol. The molecule has 1 aliphatic carbocycles. The lowest BCUT2D eigenvalue weighted by Gasteiger charge is -2.33. The maximum Gasteiger partial charge on any atom is 0.193 e. The predicted molar refractivity (Wildman–Crippen MR) is 77.5 cm³/mol. The third-order valence-electron chi connectivity index (χ3n) is 4.87. The first-order chi connectivity index (χ1) is 9.27. The molecule has 2 fully saturated rings. The summed E-state index contributed by atoms with van der Waals surface area (Å²) in [5.41, 5.74) is 0.241. The second-order valence-corrected chi connectivity index (χ2v) is 6.38. The second kappa shape index (κ2) is 5.70. The van der Waals surface area contributed by atoms with Crippen LogP contribution in [-0.2, 0) is 4.74 Å². The van der Waals surface area contributed by atoms with Crippen LogP contribution in [0.5, 0.6) is 0 Å². The van der Waals surface area contributed by atoms with Crippen LogP contribution in [0.3, 0.4) is 0 Å². The molecule has 2 heterocycles. The van der Waals surface area contributed by atoms with Gasteiger partial charge in [-0.3, -0.25) is 4.99 Å². The van der Waals surface area contributed by atoms with Gasteiger partial charge in [0.05, 0.1) is 11.7 Å². The number of ether oxygens (including phenoxy) is 1. The molecule has 3 aliphatic rings. The number of hydrogen-bond acceptors (Lipinski definition) is 4. The average molecular weight is 265 g/mol. The minimum Gasteiger partial charge on any atom is -0.370 e. The van der Waals surface area contributed by atoms with Crippen molar-refractivity contribution in [3.8, 4) is 0 Å². The molecule has 2 aliphatic heterocycles. The Kier molecular flexibility index (Phi) is 3.96. The molecule has 19 heavy (non-hydrogen) atoms. The Hall–Kier alpha value is -0.770. The summed E-state index contributed by atoms with van der Waals surface area (Å²) in [5, 5.41) is 3.49. The van der Waals surface area contributed by atoms with Crippen LogP contribution in [-0.4, -0.2) is 49.2 Å². The third kappa shape index (κ3) is 3.04. The Labute approximate surface area is 116 Å². The van der Waals surface area contributed by atoms with Crippen molar-refractivity contribution in [2.45, 2.75) is 63.1 Å². The van der Waals surface area contributed by atoms with E-state index in [-0.39, 0.29) is 5.60 Å². The van der Waals surface area contributed by atoms with E-state index < -0.39 is 0 Å². The van der Waals surface area contributed by atoms with Crippen LogP contribution in [0.4, 0.5) is 0 Å². The van der Waals surface area contributed by atoms with Gasteiger partial charge in [-0.15, -0.1) is 0 Å². The summed E-state index contributed by atoms with van der Waals surface area (Å²) in [6.45, 7) is 2.99. The lowest BCUT2D eigenvalue weighted by Crippen LogP contribution is -2.45. The third-order valence-corrected chi connectivity index (χ3v) is 4.87. The van der Waals surface area contributed by atoms with Crippen LogP contribution in [0.25, 0.3) is 0 Å². The number of hydrogen-bond donors (Lipinski definition) is 1. The van der Waals surface area contributed by atoms with Gasteiger partial charge in [0, 0.05) is 26.7 Å². The van der Waals surface area contributed by atoms with Gasteiger partial charge in [-0.1, -0.05) is 19.3 Å². The minimum absolute atomic E-state index is 0.241.